The van der Waals surface area contributed by atoms with Crippen molar-refractivity contribution in [2.45, 2.75) is 108 Å². The summed E-state index contributed by atoms with van der Waals surface area (Å²) in [5.74, 6) is -0.321. The van der Waals surface area contributed by atoms with E-state index in [0.717, 1.165) is 64.5 Å². The molecule has 1 aromatic carbocycles. The van der Waals surface area contributed by atoms with Crippen molar-refractivity contribution in [2.75, 3.05) is 36.9 Å². The molecule has 1 aliphatic heterocycles. The average molecular weight is 612 g/mol. The van der Waals surface area contributed by atoms with E-state index in [2.05, 4.69) is 25.5 Å². The fraction of sp³-hybridized carbons (Fsp3) is 0.667. The van der Waals surface area contributed by atoms with Gasteiger partial charge in [0.1, 0.15) is 22.8 Å². The van der Waals surface area contributed by atoms with Gasteiger partial charge >= 0.3 is 0 Å². The highest BCUT2D eigenvalue weighted by Gasteiger charge is 2.34. The van der Waals surface area contributed by atoms with Gasteiger partial charge in [-0.3, -0.25) is 4.57 Å². The van der Waals surface area contributed by atoms with E-state index in [1.165, 1.54) is 50.6 Å². The van der Waals surface area contributed by atoms with E-state index in [4.69, 9.17) is 9.72 Å². The molecular weight excluding hydrogens is 564 g/mol. The number of para-hydroxylation sites is 1. The standard InChI is InChI=1S/C33H47F2N7O2/c1-33(2,43)22-9-13-24(14-10-22)42-30-28(38-32(42)39-29-26(34)7-6-8-27(29)35)21-36-31(40-30)37-23-11-15-25(16-12-23)44-20-19-41-17-4-3-5-18-41/h6-8,21-25,43H,3-5,9-20H2,1-2H3,(H,38,39)(H,36,37,40)/t22-,23-,24+,25-. The second-order valence-electron chi connectivity index (χ2n) is 13.5. The molecule has 0 bridgehead atoms. The number of hydrogen-bond donors (Lipinski definition) is 3. The fourth-order valence-corrected chi connectivity index (χ4v) is 7.25. The van der Waals surface area contributed by atoms with Crippen LogP contribution in [0.5, 0.6) is 0 Å². The van der Waals surface area contributed by atoms with Crippen molar-refractivity contribution < 1.29 is 18.6 Å². The van der Waals surface area contributed by atoms with Crippen LogP contribution in [0.1, 0.15) is 90.5 Å². The van der Waals surface area contributed by atoms with Gasteiger partial charge in [-0.05, 0) is 109 Å². The lowest BCUT2D eigenvalue weighted by atomic mass is 9.77. The predicted molar refractivity (Wildman–Crippen MR) is 168 cm³/mol. The first-order valence-electron chi connectivity index (χ1n) is 16.5. The Hall–Kier alpha value is -2.89. The molecule has 0 spiro atoms. The molecule has 3 aromatic rings. The molecule has 3 fully saturated rings. The van der Waals surface area contributed by atoms with Gasteiger partial charge in [0, 0.05) is 18.6 Å². The van der Waals surface area contributed by atoms with Crippen LogP contribution < -0.4 is 10.6 Å². The van der Waals surface area contributed by atoms with Gasteiger partial charge in [-0.2, -0.15) is 4.98 Å². The van der Waals surface area contributed by atoms with Gasteiger partial charge in [-0.25, -0.2) is 18.7 Å². The van der Waals surface area contributed by atoms with Gasteiger partial charge in [0.15, 0.2) is 5.65 Å². The van der Waals surface area contributed by atoms with Gasteiger partial charge in [-0.1, -0.05) is 12.5 Å². The molecule has 3 aliphatic rings. The smallest absolute Gasteiger partial charge is 0.224 e. The Morgan fingerprint density at radius 3 is 2.34 bits per heavy atom. The van der Waals surface area contributed by atoms with Crippen molar-refractivity contribution in [3.8, 4) is 0 Å². The van der Waals surface area contributed by atoms with Crippen LogP contribution in [0.2, 0.25) is 0 Å². The molecule has 3 N–H and O–H groups in total. The topological polar surface area (TPSA) is 100 Å². The van der Waals surface area contributed by atoms with Crippen LogP contribution in [0.3, 0.4) is 0 Å². The van der Waals surface area contributed by atoms with E-state index in [1.54, 1.807) is 6.20 Å². The van der Waals surface area contributed by atoms with Crippen LogP contribution in [-0.2, 0) is 4.74 Å². The number of ether oxygens (including phenoxy) is 1. The van der Waals surface area contributed by atoms with Crippen LogP contribution in [0.25, 0.3) is 11.2 Å². The Bertz CT molecular complexity index is 1370. The van der Waals surface area contributed by atoms with Crippen molar-refractivity contribution in [1.29, 1.82) is 0 Å². The predicted octanol–water partition coefficient (Wildman–Crippen LogP) is 6.58. The SMILES string of the molecule is CC(C)(O)[C@H]1CC[C@@H](n2c(Nc3c(F)cccc3F)nc3cnc(N[C@H]4CC[C@H](OCCN5CCCCC5)CC4)nc32)CC1. The zero-order valence-electron chi connectivity index (χ0n) is 26.1. The number of nitrogens with one attached hydrogen (secondary N) is 2. The maximum Gasteiger partial charge on any atom is 0.224 e. The monoisotopic (exact) mass is 611 g/mol. The number of rotatable bonds is 10. The third-order valence-corrected chi connectivity index (χ3v) is 9.91. The lowest BCUT2D eigenvalue weighted by Gasteiger charge is -2.36. The molecule has 1 saturated heterocycles. The number of imidazole rings is 1. The summed E-state index contributed by atoms with van der Waals surface area (Å²) in [5, 5.41) is 17.1. The van der Waals surface area contributed by atoms with E-state index in [9.17, 15) is 13.9 Å². The number of benzene rings is 1. The fourth-order valence-electron chi connectivity index (χ4n) is 7.25. The van der Waals surface area contributed by atoms with Crippen molar-refractivity contribution in [2.24, 2.45) is 5.92 Å². The zero-order chi connectivity index (χ0) is 30.7. The lowest BCUT2D eigenvalue weighted by molar-refractivity contribution is -0.00457. The van der Waals surface area contributed by atoms with E-state index in [1.807, 2.05) is 18.4 Å². The number of piperidine rings is 1. The van der Waals surface area contributed by atoms with Crippen molar-refractivity contribution in [3.63, 3.8) is 0 Å². The maximum atomic E-state index is 14.6. The lowest BCUT2D eigenvalue weighted by Crippen LogP contribution is -2.35. The summed E-state index contributed by atoms with van der Waals surface area (Å²) in [7, 11) is 0. The molecule has 11 heteroatoms. The van der Waals surface area contributed by atoms with Crippen LogP contribution >= 0.6 is 0 Å². The van der Waals surface area contributed by atoms with Crippen molar-refractivity contribution >= 4 is 28.7 Å². The molecule has 0 unspecified atom stereocenters. The summed E-state index contributed by atoms with van der Waals surface area (Å²) in [4.78, 5) is 16.7. The molecule has 0 amide bonds. The van der Waals surface area contributed by atoms with Crippen LogP contribution in [0.15, 0.2) is 24.4 Å². The summed E-state index contributed by atoms with van der Waals surface area (Å²) in [5.41, 5.74) is 0.194. The molecule has 6 rings (SSSR count). The molecular formula is C33H47F2N7O2. The van der Waals surface area contributed by atoms with Crippen molar-refractivity contribution in [3.05, 3.63) is 36.0 Å². The molecule has 0 radical (unpaired) electrons. The highest BCUT2D eigenvalue weighted by Crippen LogP contribution is 2.41. The highest BCUT2D eigenvalue weighted by molar-refractivity contribution is 5.76. The normalized spacial score (nSPS) is 25.3. The minimum atomic E-state index is -0.754. The van der Waals surface area contributed by atoms with E-state index in [0.29, 0.717) is 29.2 Å². The molecule has 44 heavy (non-hydrogen) atoms. The number of likely N-dealkylation sites (tertiary alicyclic amines) is 1. The quantitative estimate of drug-likeness (QED) is 0.237. The highest BCUT2D eigenvalue weighted by atomic mass is 19.1. The number of nitrogens with zero attached hydrogens (tertiary/aromatic N) is 5. The van der Waals surface area contributed by atoms with Crippen LogP contribution in [-0.4, -0.2) is 73.5 Å². The minimum absolute atomic E-state index is 0.0104. The van der Waals surface area contributed by atoms with E-state index >= 15 is 0 Å². The molecule has 3 heterocycles. The summed E-state index contributed by atoms with van der Waals surface area (Å²) in [6.45, 7) is 7.95. The number of aliphatic hydroxyl groups is 1. The maximum absolute atomic E-state index is 14.6. The first-order valence-corrected chi connectivity index (χ1v) is 16.5. The van der Waals surface area contributed by atoms with Gasteiger partial charge in [-0.15, -0.1) is 0 Å². The number of hydrogen-bond acceptors (Lipinski definition) is 8. The Morgan fingerprint density at radius 1 is 0.955 bits per heavy atom. The van der Waals surface area contributed by atoms with Gasteiger partial charge in [0.2, 0.25) is 11.9 Å². The molecule has 2 aliphatic carbocycles. The summed E-state index contributed by atoms with van der Waals surface area (Å²) >= 11 is 0. The van der Waals surface area contributed by atoms with Crippen LogP contribution in [0.4, 0.5) is 26.4 Å². The first kappa shape index (κ1) is 31.1. The Balaban J connectivity index is 1.15. The number of anilines is 3. The Morgan fingerprint density at radius 2 is 1.66 bits per heavy atom. The molecule has 2 aromatic heterocycles. The number of aromatic nitrogens is 4. The van der Waals surface area contributed by atoms with E-state index in [-0.39, 0.29) is 23.7 Å². The Labute approximate surface area is 258 Å². The number of fused-ring (bicyclic) bond motifs is 1. The average Bonchev–Trinajstić information content (AvgIpc) is 3.37. The Kier molecular flexibility index (Phi) is 9.63. The van der Waals surface area contributed by atoms with Gasteiger partial charge < -0.3 is 25.4 Å². The molecule has 0 atom stereocenters. The third-order valence-electron chi connectivity index (χ3n) is 9.91. The number of halogens is 2. The summed E-state index contributed by atoms with van der Waals surface area (Å²) in [6.07, 6.45) is 13.2. The second kappa shape index (κ2) is 13.6. The molecule has 2 saturated carbocycles. The summed E-state index contributed by atoms with van der Waals surface area (Å²) < 4.78 is 37.5. The van der Waals surface area contributed by atoms with E-state index < -0.39 is 17.2 Å². The first-order chi connectivity index (χ1) is 21.2. The second-order valence-corrected chi connectivity index (χ2v) is 13.5. The molecule has 240 valence electrons. The summed E-state index contributed by atoms with van der Waals surface area (Å²) in [6, 6.07) is 4.05. The third kappa shape index (κ3) is 7.32. The van der Waals surface area contributed by atoms with Crippen LogP contribution in [0, 0.1) is 17.6 Å². The van der Waals surface area contributed by atoms with Crippen molar-refractivity contribution in [1.82, 2.24) is 24.4 Å². The largest absolute Gasteiger partial charge is 0.390 e. The minimum Gasteiger partial charge on any atom is -0.390 e. The van der Waals surface area contributed by atoms with Gasteiger partial charge in [0.05, 0.1) is 24.5 Å². The molecule has 9 nitrogen and oxygen atoms in total. The zero-order valence-corrected chi connectivity index (χ0v) is 26.1. The van der Waals surface area contributed by atoms with Gasteiger partial charge in [0.25, 0.3) is 0 Å².